The molecule has 116 valence electrons. The second kappa shape index (κ2) is 5.04. The number of benzene rings is 1. The number of nitrogens with zero attached hydrogens (tertiary/aromatic N) is 1. The van der Waals surface area contributed by atoms with Gasteiger partial charge in [0.15, 0.2) is 6.73 Å². The van der Waals surface area contributed by atoms with E-state index >= 15 is 0 Å². The maximum Gasteiger partial charge on any atom is 0.251 e. The molecule has 0 aromatic heterocycles. The van der Waals surface area contributed by atoms with Gasteiger partial charge in [0.05, 0.1) is 0 Å². The van der Waals surface area contributed by atoms with Crippen LogP contribution in [0.15, 0.2) is 36.2 Å². The Morgan fingerprint density at radius 3 is 2.45 bits per heavy atom. The Balaban J connectivity index is 1.41. The molecule has 2 aliphatic carbocycles. The van der Waals surface area contributed by atoms with Gasteiger partial charge in [-0.1, -0.05) is 13.8 Å². The van der Waals surface area contributed by atoms with E-state index in [2.05, 4.69) is 30.3 Å². The summed E-state index contributed by atoms with van der Waals surface area (Å²) >= 11 is 0. The predicted octanol–water partition coefficient (Wildman–Crippen LogP) is 3.12. The van der Waals surface area contributed by atoms with E-state index in [1.54, 1.807) is 0 Å². The number of anilines is 1. The molecule has 1 amide bonds. The molecule has 0 bridgehead atoms. The van der Waals surface area contributed by atoms with E-state index in [-0.39, 0.29) is 5.91 Å². The van der Waals surface area contributed by atoms with Crippen molar-refractivity contribution in [2.45, 2.75) is 32.7 Å². The third-order valence-corrected chi connectivity index (χ3v) is 5.02. The Bertz CT molecular complexity index is 622. The fourth-order valence-corrected chi connectivity index (χ4v) is 3.02. The van der Waals surface area contributed by atoms with Gasteiger partial charge in [-0.2, -0.15) is 0 Å². The summed E-state index contributed by atoms with van der Waals surface area (Å²) in [4.78, 5) is 14.2. The van der Waals surface area contributed by atoms with Gasteiger partial charge >= 0.3 is 0 Å². The Morgan fingerprint density at radius 1 is 1.18 bits per heavy atom. The minimum Gasteiger partial charge on any atom is -0.475 e. The van der Waals surface area contributed by atoms with E-state index in [4.69, 9.17) is 4.74 Å². The smallest absolute Gasteiger partial charge is 0.251 e. The number of amides is 1. The number of carbonyl (C=O) groups excluding carboxylic acids is 1. The fraction of sp³-hybridized carbons (Fsp3) is 0.500. The summed E-state index contributed by atoms with van der Waals surface area (Å²) in [5, 5.41) is 3.05. The first-order chi connectivity index (χ1) is 10.6. The zero-order chi connectivity index (χ0) is 15.3. The van der Waals surface area contributed by atoms with Crippen LogP contribution in [0.3, 0.4) is 0 Å². The lowest BCUT2D eigenvalue weighted by atomic mass is 10.2. The first-order valence-corrected chi connectivity index (χ1v) is 8.14. The van der Waals surface area contributed by atoms with Crippen LogP contribution in [0.4, 0.5) is 5.69 Å². The van der Waals surface area contributed by atoms with Crippen LogP contribution >= 0.6 is 0 Å². The topological polar surface area (TPSA) is 41.6 Å². The Labute approximate surface area is 131 Å². The zero-order valence-electron chi connectivity index (χ0n) is 13.1. The lowest BCUT2D eigenvalue weighted by molar-refractivity contribution is 0.0949. The summed E-state index contributed by atoms with van der Waals surface area (Å²) in [7, 11) is 0. The Morgan fingerprint density at radius 2 is 1.86 bits per heavy atom. The van der Waals surface area contributed by atoms with E-state index < -0.39 is 0 Å². The summed E-state index contributed by atoms with van der Waals surface area (Å²) in [5.74, 6) is 3.12. The molecule has 0 saturated heterocycles. The molecular weight excluding hydrogens is 276 g/mol. The summed E-state index contributed by atoms with van der Waals surface area (Å²) < 4.78 is 5.77. The van der Waals surface area contributed by atoms with Gasteiger partial charge in [0.2, 0.25) is 0 Å². The third-order valence-electron chi connectivity index (χ3n) is 5.02. The summed E-state index contributed by atoms with van der Waals surface area (Å²) in [6.45, 7) is 4.99. The molecule has 2 fully saturated rings. The van der Waals surface area contributed by atoms with Crippen LogP contribution in [0.5, 0.6) is 0 Å². The summed E-state index contributed by atoms with van der Waals surface area (Å²) in [5.41, 5.74) is 1.79. The molecule has 4 heteroatoms. The van der Waals surface area contributed by atoms with Gasteiger partial charge < -0.3 is 15.0 Å². The maximum absolute atomic E-state index is 12.1. The second-order valence-electron chi connectivity index (χ2n) is 6.93. The molecule has 0 radical (unpaired) electrons. The molecule has 1 heterocycles. The maximum atomic E-state index is 12.1. The molecule has 3 aliphatic rings. The first-order valence-electron chi connectivity index (χ1n) is 8.14. The van der Waals surface area contributed by atoms with E-state index in [1.807, 2.05) is 24.3 Å². The quantitative estimate of drug-likeness (QED) is 0.928. The van der Waals surface area contributed by atoms with Crippen LogP contribution in [-0.4, -0.2) is 18.7 Å². The van der Waals surface area contributed by atoms with Crippen molar-refractivity contribution < 1.29 is 9.53 Å². The molecule has 1 aliphatic heterocycles. The number of ether oxygens (including phenoxy) is 1. The van der Waals surface area contributed by atoms with E-state index in [0.717, 1.165) is 29.3 Å². The van der Waals surface area contributed by atoms with Crippen LogP contribution in [0.25, 0.3) is 0 Å². The standard InChI is InChI=1S/C18H22N2O2/c1-11-7-15(11)17-9-20(10-22-17)14-5-3-13(4-6-14)18(21)19-16-8-12(16)2/h3-6,9,11-12,15-16H,7-8,10H2,1-2H3,(H,19,21). The number of allylic oxidation sites excluding steroid dienone is 1. The monoisotopic (exact) mass is 298 g/mol. The molecule has 1 N–H and O–H groups in total. The van der Waals surface area contributed by atoms with Crippen molar-refractivity contribution in [1.29, 1.82) is 0 Å². The number of carbonyl (C=O) groups is 1. The molecule has 4 nitrogen and oxygen atoms in total. The van der Waals surface area contributed by atoms with Crippen LogP contribution in [0.2, 0.25) is 0 Å². The molecule has 1 aromatic carbocycles. The van der Waals surface area contributed by atoms with Gasteiger partial charge in [-0.15, -0.1) is 0 Å². The number of rotatable bonds is 4. The minimum atomic E-state index is 0.0293. The van der Waals surface area contributed by atoms with Crippen LogP contribution in [0, 0.1) is 17.8 Å². The highest BCUT2D eigenvalue weighted by molar-refractivity contribution is 5.95. The van der Waals surface area contributed by atoms with Gasteiger partial charge in [-0.25, -0.2) is 0 Å². The highest BCUT2D eigenvalue weighted by atomic mass is 16.5. The van der Waals surface area contributed by atoms with E-state index in [1.165, 1.54) is 6.42 Å². The van der Waals surface area contributed by atoms with Crippen molar-refractivity contribution in [2.24, 2.45) is 17.8 Å². The van der Waals surface area contributed by atoms with E-state index in [0.29, 0.717) is 24.6 Å². The van der Waals surface area contributed by atoms with Crippen molar-refractivity contribution in [3.8, 4) is 0 Å². The van der Waals surface area contributed by atoms with Crippen LogP contribution in [0.1, 0.15) is 37.0 Å². The first kappa shape index (κ1) is 13.7. The molecular formula is C18H22N2O2. The van der Waals surface area contributed by atoms with Crippen LogP contribution < -0.4 is 10.2 Å². The molecule has 0 spiro atoms. The van der Waals surface area contributed by atoms with Gasteiger partial charge in [-0.05, 0) is 48.9 Å². The fourth-order valence-electron chi connectivity index (χ4n) is 3.02. The lowest BCUT2D eigenvalue weighted by Gasteiger charge is -2.14. The number of hydrogen-bond acceptors (Lipinski definition) is 3. The van der Waals surface area contributed by atoms with Gasteiger partial charge in [0.25, 0.3) is 5.91 Å². The highest BCUT2D eigenvalue weighted by Gasteiger charge is 2.39. The van der Waals surface area contributed by atoms with Crippen molar-refractivity contribution >= 4 is 11.6 Å². The SMILES string of the molecule is CC1CC1NC(=O)c1ccc(N2C=C(C3CC3C)OC2)cc1. The Kier molecular flexibility index (Phi) is 3.13. The third kappa shape index (κ3) is 2.58. The van der Waals surface area contributed by atoms with Crippen molar-refractivity contribution in [3.05, 3.63) is 41.8 Å². The van der Waals surface area contributed by atoms with Crippen molar-refractivity contribution in [3.63, 3.8) is 0 Å². The van der Waals surface area contributed by atoms with Gasteiger partial charge in [-0.3, -0.25) is 4.79 Å². The molecule has 2 saturated carbocycles. The van der Waals surface area contributed by atoms with Gasteiger partial charge in [0.1, 0.15) is 5.76 Å². The van der Waals surface area contributed by atoms with Crippen LogP contribution in [-0.2, 0) is 4.74 Å². The number of nitrogens with one attached hydrogen (secondary N) is 1. The molecule has 22 heavy (non-hydrogen) atoms. The molecule has 4 atom stereocenters. The molecule has 1 aromatic rings. The lowest BCUT2D eigenvalue weighted by Crippen LogP contribution is -2.26. The highest BCUT2D eigenvalue weighted by Crippen LogP contribution is 2.45. The minimum absolute atomic E-state index is 0.0293. The van der Waals surface area contributed by atoms with Crippen molar-refractivity contribution in [2.75, 3.05) is 11.6 Å². The van der Waals surface area contributed by atoms with Crippen molar-refractivity contribution in [1.82, 2.24) is 5.32 Å². The normalized spacial score (nSPS) is 32.3. The average molecular weight is 298 g/mol. The Hall–Kier alpha value is -1.97. The second-order valence-corrected chi connectivity index (χ2v) is 6.93. The van der Waals surface area contributed by atoms with Gasteiger partial charge in [0, 0.05) is 29.4 Å². The number of hydrogen-bond donors (Lipinski definition) is 1. The molecule has 4 rings (SSSR count). The summed E-state index contributed by atoms with van der Waals surface area (Å²) in [6.07, 6.45) is 4.44. The molecule has 4 unspecified atom stereocenters. The average Bonchev–Trinajstić information content (AvgIpc) is 3.35. The van der Waals surface area contributed by atoms with E-state index in [9.17, 15) is 4.79 Å². The predicted molar refractivity (Wildman–Crippen MR) is 85.3 cm³/mol. The largest absolute Gasteiger partial charge is 0.475 e. The summed E-state index contributed by atoms with van der Waals surface area (Å²) in [6, 6.07) is 8.13. The zero-order valence-corrected chi connectivity index (χ0v) is 13.1.